The number of piperidine rings is 1. The molecule has 2 rings (SSSR count). The summed E-state index contributed by atoms with van der Waals surface area (Å²) >= 11 is 0. The van der Waals surface area contributed by atoms with Crippen LogP contribution in [0, 0.1) is 11.8 Å². The van der Waals surface area contributed by atoms with Crippen molar-refractivity contribution in [3.63, 3.8) is 0 Å². The first kappa shape index (κ1) is 12.4. The van der Waals surface area contributed by atoms with Gasteiger partial charge in [-0.05, 0) is 44.1 Å². The fraction of sp³-hybridized carbons (Fsp3) is 1.00. The first-order valence-corrected chi connectivity index (χ1v) is 7.10. The lowest BCUT2D eigenvalue weighted by molar-refractivity contribution is -0.0568. The van der Waals surface area contributed by atoms with Crippen molar-refractivity contribution in [2.45, 2.75) is 70.4 Å². The highest BCUT2D eigenvalue weighted by Gasteiger charge is 2.41. The zero-order valence-electron chi connectivity index (χ0n) is 10.8. The molecule has 0 aromatic heterocycles. The van der Waals surface area contributed by atoms with Gasteiger partial charge >= 0.3 is 0 Å². The first-order chi connectivity index (χ1) is 7.64. The molecule has 2 fully saturated rings. The summed E-state index contributed by atoms with van der Waals surface area (Å²) < 4.78 is 0. The van der Waals surface area contributed by atoms with E-state index in [-0.39, 0.29) is 0 Å². The highest BCUT2D eigenvalue weighted by atomic mass is 16.3. The predicted octanol–water partition coefficient (Wildman–Crippen LogP) is 2.71. The van der Waals surface area contributed by atoms with Gasteiger partial charge in [0.05, 0.1) is 5.60 Å². The van der Waals surface area contributed by atoms with Crippen LogP contribution < -0.4 is 5.32 Å². The van der Waals surface area contributed by atoms with Gasteiger partial charge < -0.3 is 10.4 Å². The van der Waals surface area contributed by atoms with Crippen LogP contribution >= 0.6 is 0 Å². The molecule has 1 aliphatic heterocycles. The Morgan fingerprint density at radius 1 is 1.38 bits per heavy atom. The van der Waals surface area contributed by atoms with Gasteiger partial charge in [0.2, 0.25) is 0 Å². The van der Waals surface area contributed by atoms with Gasteiger partial charge in [0.25, 0.3) is 0 Å². The molecule has 0 amide bonds. The van der Waals surface area contributed by atoms with E-state index >= 15 is 0 Å². The topological polar surface area (TPSA) is 32.3 Å². The molecule has 0 aromatic carbocycles. The number of aliphatic hydroxyl groups is 1. The Balaban J connectivity index is 1.98. The van der Waals surface area contributed by atoms with E-state index in [0.717, 1.165) is 25.3 Å². The molecule has 0 bridgehead atoms. The Bertz CT molecular complexity index is 231. The van der Waals surface area contributed by atoms with Crippen molar-refractivity contribution in [1.82, 2.24) is 5.32 Å². The van der Waals surface area contributed by atoms with Gasteiger partial charge in [-0.3, -0.25) is 0 Å². The second kappa shape index (κ2) is 5.05. The van der Waals surface area contributed by atoms with Gasteiger partial charge in [0.1, 0.15) is 0 Å². The lowest BCUT2D eigenvalue weighted by Gasteiger charge is -2.45. The highest BCUT2D eigenvalue weighted by Crippen LogP contribution is 2.38. The molecule has 1 aliphatic carbocycles. The van der Waals surface area contributed by atoms with E-state index in [9.17, 15) is 5.11 Å². The summed E-state index contributed by atoms with van der Waals surface area (Å²) in [5.74, 6) is 1.52. The number of hydrogen-bond donors (Lipinski definition) is 2. The molecular weight excluding hydrogens is 198 g/mol. The number of nitrogens with one attached hydrogen (secondary N) is 1. The fourth-order valence-corrected chi connectivity index (χ4v) is 3.66. The van der Waals surface area contributed by atoms with Gasteiger partial charge in [-0.15, -0.1) is 0 Å². The van der Waals surface area contributed by atoms with Crippen molar-refractivity contribution in [3.8, 4) is 0 Å². The van der Waals surface area contributed by atoms with Crippen LogP contribution in [0.1, 0.15) is 58.8 Å². The van der Waals surface area contributed by atoms with Gasteiger partial charge in [0.15, 0.2) is 0 Å². The summed E-state index contributed by atoms with van der Waals surface area (Å²) in [6.07, 6.45) is 8.24. The summed E-state index contributed by atoms with van der Waals surface area (Å²) in [5.41, 5.74) is -0.411. The van der Waals surface area contributed by atoms with Crippen LogP contribution in [-0.4, -0.2) is 23.3 Å². The second-order valence-corrected chi connectivity index (χ2v) is 6.11. The molecule has 0 aromatic rings. The van der Waals surface area contributed by atoms with Crippen LogP contribution in [-0.2, 0) is 0 Å². The van der Waals surface area contributed by atoms with Crippen molar-refractivity contribution < 1.29 is 5.11 Å². The van der Waals surface area contributed by atoms with Crippen molar-refractivity contribution in [1.29, 1.82) is 0 Å². The molecule has 0 spiro atoms. The highest BCUT2D eigenvalue weighted by molar-refractivity contribution is 4.97. The molecular formula is C14H27NO. The van der Waals surface area contributed by atoms with Crippen molar-refractivity contribution in [2.24, 2.45) is 11.8 Å². The lowest BCUT2D eigenvalue weighted by atomic mass is 9.71. The molecule has 2 N–H and O–H groups in total. The molecule has 2 nitrogen and oxygen atoms in total. The third-order valence-corrected chi connectivity index (χ3v) is 4.75. The molecule has 0 radical (unpaired) electrons. The monoisotopic (exact) mass is 225 g/mol. The molecule has 2 heteroatoms. The largest absolute Gasteiger partial charge is 0.388 e. The fourth-order valence-electron chi connectivity index (χ4n) is 3.66. The number of rotatable bonds is 2. The van der Waals surface area contributed by atoms with Crippen LogP contribution in [0.15, 0.2) is 0 Å². The van der Waals surface area contributed by atoms with Gasteiger partial charge in [-0.2, -0.15) is 0 Å². The maximum Gasteiger partial charge on any atom is 0.0802 e. The minimum atomic E-state index is -0.411. The van der Waals surface area contributed by atoms with Crippen molar-refractivity contribution >= 4 is 0 Å². The SMILES string of the molecule is CCC1CCNC(C2(O)CCCC(C)C2)C1. The maximum atomic E-state index is 10.8. The Morgan fingerprint density at radius 3 is 2.88 bits per heavy atom. The molecule has 94 valence electrons. The Hall–Kier alpha value is -0.0800. The lowest BCUT2D eigenvalue weighted by Crippen LogP contribution is -2.56. The van der Waals surface area contributed by atoms with Gasteiger partial charge in [0, 0.05) is 6.04 Å². The van der Waals surface area contributed by atoms with E-state index < -0.39 is 5.60 Å². The van der Waals surface area contributed by atoms with Crippen molar-refractivity contribution in [2.75, 3.05) is 6.54 Å². The van der Waals surface area contributed by atoms with Crippen LogP contribution in [0.2, 0.25) is 0 Å². The van der Waals surface area contributed by atoms with Gasteiger partial charge in [-0.25, -0.2) is 0 Å². The summed E-state index contributed by atoms with van der Waals surface area (Å²) in [6.45, 7) is 5.66. The van der Waals surface area contributed by atoms with Crippen molar-refractivity contribution in [3.05, 3.63) is 0 Å². The maximum absolute atomic E-state index is 10.8. The van der Waals surface area contributed by atoms with E-state index in [4.69, 9.17) is 0 Å². The Kier molecular flexibility index (Phi) is 3.91. The molecule has 2 aliphatic rings. The quantitative estimate of drug-likeness (QED) is 0.757. The van der Waals surface area contributed by atoms with E-state index in [2.05, 4.69) is 19.2 Å². The third kappa shape index (κ3) is 2.60. The van der Waals surface area contributed by atoms with E-state index in [1.54, 1.807) is 0 Å². The van der Waals surface area contributed by atoms with E-state index in [1.165, 1.54) is 32.1 Å². The Morgan fingerprint density at radius 2 is 2.19 bits per heavy atom. The molecule has 4 atom stereocenters. The van der Waals surface area contributed by atoms with Crippen LogP contribution in [0.3, 0.4) is 0 Å². The first-order valence-electron chi connectivity index (χ1n) is 7.10. The Labute approximate surface area is 99.8 Å². The minimum Gasteiger partial charge on any atom is -0.388 e. The molecule has 1 saturated heterocycles. The zero-order valence-corrected chi connectivity index (χ0v) is 10.8. The normalized spacial score (nSPS) is 45.6. The smallest absolute Gasteiger partial charge is 0.0802 e. The molecule has 1 saturated carbocycles. The summed E-state index contributed by atoms with van der Waals surface area (Å²) in [4.78, 5) is 0. The summed E-state index contributed by atoms with van der Waals surface area (Å²) in [7, 11) is 0. The molecule has 4 unspecified atom stereocenters. The summed E-state index contributed by atoms with van der Waals surface area (Å²) in [6, 6.07) is 0.356. The minimum absolute atomic E-state index is 0.356. The van der Waals surface area contributed by atoms with Crippen LogP contribution in [0.5, 0.6) is 0 Å². The van der Waals surface area contributed by atoms with E-state index in [1.807, 2.05) is 0 Å². The molecule has 1 heterocycles. The second-order valence-electron chi connectivity index (χ2n) is 6.11. The standard InChI is InChI=1S/C14H27NO/c1-3-12-6-8-15-13(9-12)14(16)7-4-5-11(2)10-14/h11-13,15-16H,3-10H2,1-2H3. The summed E-state index contributed by atoms with van der Waals surface area (Å²) in [5, 5.41) is 14.4. The zero-order chi connectivity index (χ0) is 11.6. The van der Waals surface area contributed by atoms with Crippen LogP contribution in [0.4, 0.5) is 0 Å². The van der Waals surface area contributed by atoms with Crippen LogP contribution in [0.25, 0.3) is 0 Å². The average molecular weight is 225 g/mol. The average Bonchev–Trinajstić information content (AvgIpc) is 2.29. The van der Waals surface area contributed by atoms with E-state index in [0.29, 0.717) is 12.0 Å². The predicted molar refractivity (Wildman–Crippen MR) is 67.4 cm³/mol. The molecule has 16 heavy (non-hydrogen) atoms. The number of hydrogen-bond acceptors (Lipinski definition) is 2. The third-order valence-electron chi connectivity index (χ3n) is 4.75. The van der Waals surface area contributed by atoms with Gasteiger partial charge in [-0.1, -0.05) is 33.1 Å².